The van der Waals surface area contributed by atoms with Crippen molar-refractivity contribution in [2.24, 2.45) is 0 Å². The summed E-state index contributed by atoms with van der Waals surface area (Å²) in [5, 5.41) is 3.22. The SMILES string of the molecule is CCOC1(C(Cc2cc(F)ccc2F)NC)CCOCC1. The second-order valence-electron chi connectivity index (χ2n) is 5.39. The van der Waals surface area contributed by atoms with Gasteiger partial charge in [-0.05, 0) is 44.2 Å². The Labute approximate surface area is 124 Å². The van der Waals surface area contributed by atoms with Gasteiger partial charge in [-0.3, -0.25) is 0 Å². The third-order valence-electron chi connectivity index (χ3n) is 4.19. The fourth-order valence-electron chi connectivity index (χ4n) is 3.07. The quantitative estimate of drug-likeness (QED) is 0.876. The summed E-state index contributed by atoms with van der Waals surface area (Å²) in [5.74, 6) is -0.797. The van der Waals surface area contributed by atoms with Gasteiger partial charge in [0.25, 0.3) is 0 Å². The Hall–Kier alpha value is -1.04. The van der Waals surface area contributed by atoms with E-state index in [9.17, 15) is 8.78 Å². The molecule has 3 nitrogen and oxygen atoms in total. The lowest BCUT2D eigenvalue weighted by Crippen LogP contribution is -2.55. The Morgan fingerprint density at radius 3 is 2.67 bits per heavy atom. The van der Waals surface area contributed by atoms with Crippen LogP contribution in [0.1, 0.15) is 25.3 Å². The number of ether oxygens (including phenoxy) is 2. The van der Waals surface area contributed by atoms with Crippen LogP contribution in [-0.4, -0.2) is 38.5 Å². The first-order valence-corrected chi connectivity index (χ1v) is 7.44. The van der Waals surface area contributed by atoms with E-state index in [1.165, 1.54) is 12.1 Å². The van der Waals surface area contributed by atoms with Gasteiger partial charge in [-0.2, -0.15) is 0 Å². The Bertz CT molecular complexity index is 456. The van der Waals surface area contributed by atoms with Crippen molar-refractivity contribution in [1.82, 2.24) is 5.32 Å². The van der Waals surface area contributed by atoms with Crippen molar-refractivity contribution in [1.29, 1.82) is 0 Å². The molecule has 1 aliphatic heterocycles. The molecule has 1 fully saturated rings. The minimum atomic E-state index is -0.418. The summed E-state index contributed by atoms with van der Waals surface area (Å²) < 4.78 is 38.7. The normalized spacial score (nSPS) is 19.4. The number of likely N-dealkylation sites (N-methyl/N-ethyl adjacent to an activating group) is 1. The molecule has 0 radical (unpaired) electrons. The van der Waals surface area contributed by atoms with Crippen molar-refractivity contribution in [3.05, 3.63) is 35.4 Å². The van der Waals surface area contributed by atoms with Crippen LogP contribution in [0.15, 0.2) is 18.2 Å². The van der Waals surface area contributed by atoms with E-state index in [1.54, 1.807) is 0 Å². The number of halogens is 2. The van der Waals surface area contributed by atoms with Crippen molar-refractivity contribution >= 4 is 0 Å². The predicted molar refractivity (Wildman–Crippen MR) is 77.3 cm³/mol. The number of rotatable bonds is 6. The van der Waals surface area contributed by atoms with E-state index >= 15 is 0 Å². The van der Waals surface area contributed by atoms with Crippen molar-refractivity contribution in [2.75, 3.05) is 26.9 Å². The van der Waals surface area contributed by atoms with Gasteiger partial charge in [0.05, 0.1) is 5.60 Å². The fourth-order valence-corrected chi connectivity index (χ4v) is 3.07. The van der Waals surface area contributed by atoms with Crippen molar-refractivity contribution in [3.63, 3.8) is 0 Å². The molecule has 1 unspecified atom stereocenters. The van der Waals surface area contributed by atoms with Gasteiger partial charge in [0.1, 0.15) is 11.6 Å². The van der Waals surface area contributed by atoms with E-state index in [1.807, 2.05) is 14.0 Å². The maximum Gasteiger partial charge on any atom is 0.126 e. The molecule has 0 amide bonds. The summed E-state index contributed by atoms with van der Waals surface area (Å²) in [6.45, 7) is 3.80. The molecule has 1 aliphatic rings. The van der Waals surface area contributed by atoms with Crippen LogP contribution in [0.2, 0.25) is 0 Å². The second-order valence-corrected chi connectivity index (χ2v) is 5.39. The highest BCUT2D eigenvalue weighted by Crippen LogP contribution is 2.31. The summed E-state index contributed by atoms with van der Waals surface area (Å²) in [5.41, 5.74) is -0.0135. The second kappa shape index (κ2) is 7.29. The maximum atomic E-state index is 13.9. The number of nitrogens with one attached hydrogen (secondary N) is 1. The van der Waals surface area contributed by atoms with Gasteiger partial charge in [0.15, 0.2) is 0 Å². The summed E-state index contributed by atoms with van der Waals surface area (Å²) in [6, 6.07) is 3.49. The third kappa shape index (κ3) is 3.78. The van der Waals surface area contributed by atoms with Gasteiger partial charge < -0.3 is 14.8 Å². The third-order valence-corrected chi connectivity index (χ3v) is 4.19. The van der Waals surface area contributed by atoms with E-state index in [-0.39, 0.29) is 17.5 Å². The minimum Gasteiger partial charge on any atom is -0.381 e. The van der Waals surface area contributed by atoms with Crippen LogP contribution in [0, 0.1) is 11.6 Å². The van der Waals surface area contributed by atoms with Crippen LogP contribution in [0.25, 0.3) is 0 Å². The predicted octanol–water partition coefficient (Wildman–Crippen LogP) is 2.68. The largest absolute Gasteiger partial charge is 0.381 e. The Balaban J connectivity index is 2.22. The summed E-state index contributed by atoms with van der Waals surface area (Å²) in [7, 11) is 1.83. The molecule has 118 valence electrons. The molecule has 5 heteroatoms. The zero-order valence-corrected chi connectivity index (χ0v) is 12.6. The zero-order valence-electron chi connectivity index (χ0n) is 12.6. The molecule has 1 N–H and O–H groups in total. The summed E-state index contributed by atoms with van der Waals surface area (Å²) >= 11 is 0. The highest BCUT2D eigenvalue weighted by Gasteiger charge is 2.40. The first-order valence-electron chi connectivity index (χ1n) is 7.44. The Morgan fingerprint density at radius 1 is 1.33 bits per heavy atom. The molecule has 1 saturated heterocycles. The molecular weight excluding hydrogens is 276 g/mol. The van der Waals surface area contributed by atoms with Gasteiger partial charge in [-0.15, -0.1) is 0 Å². The van der Waals surface area contributed by atoms with Gasteiger partial charge in [-0.1, -0.05) is 0 Å². The monoisotopic (exact) mass is 299 g/mol. The van der Waals surface area contributed by atoms with Crippen molar-refractivity contribution in [2.45, 2.75) is 37.8 Å². The standard InChI is InChI=1S/C16H23F2NO2/c1-3-21-16(6-8-20-9-7-16)15(19-2)11-12-10-13(17)4-5-14(12)18/h4-5,10,15,19H,3,6-9,11H2,1-2H3. The molecule has 0 saturated carbocycles. The van der Waals surface area contributed by atoms with Crippen molar-refractivity contribution < 1.29 is 18.3 Å². The molecule has 1 atom stereocenters. The van der Waals surface area contributed by atoms with Gasteiger partial charge in [0, 0.05) is 38.7 Å². The van der Waals surface area contributed by atoms with E-state index in [0.29, 0.717) is 31.8 Å². The molecule has 0 bridgehead atoms. The van der Waals surface area contributed by atoms with Crippen molar-refractivity contribution in [3.8, 4) is 0 Å². The highest BCUT2D eigenvalue weighted by molar-refractivity contribution is 5.21. The number of hydrogen-bond acceptors (Lipinski definition) is 3. The molecule has 2 rings (SSSR count). The van der Waals surface area contributed by atoms with E-state index in [0.717, 1.165) is 18.9 Å². The van der Waals surface area contributed by atoms with Crippen LogP contribution in [0.3, 0.4) is 0 Å². The van der Waals surface area contributed by atoms with E-state index in [2.05, 4.69) is 5.32 Å². The molecular formula is C16H23F2NO2. The number of hydrogen-bond donors (Lipinski definition) is 1. The fraction of sp³-hybridized carbons (Fsp3) is 0.625. The van der Waals surface area contributed by atoms with Gasteiger partial charge in [0.2, 0.25) is 0 Å². The average molecular weight is 299 g/mol. The van der Waals surface area contributed by atoms with Crippen LogP contribution < -0.4 is 5.32 Å². The van der Waals surface area contributed by atoms with Gasteiger partial charge in [-0.25, -0.2) is 8.78 Å². The zero-order chi connectivity index (χ0) is 15.3. The first-order chi connectivity index (χ1) is 10.1. The van der Waals surface area contributed by atoms with Crippen LogP contribution >= 0.6 is 0 Å². The Kier molecular flexibility index (Phi) is 5.67. The summed E-state index contributed by atoms with van der Waals surface area (Å²) in [6.07, 6.45) is 1.90. The molecule has 0 aliphatic carbocycles. The van der Waals surface area contributed by atoms with E-state index in [4.69, 9.17) is 9.47 Å². The molecule has 0 spiro atoms. The molecule has 21 heavy (non-hydrogen) atoms. The summed E-state index contributed by atoms with van der Waals surface area (Å²) in [4.78, 5) is 0. The smallest absolute Gasteiger partial charge is 0.126 e. The lowest BCUT2D eigenvalue weighted by atomic mass is 9.82. The lowest BCUT2D eigenvalue weighted by Gasteiger charge is -2.43. The van der Waals surface area contributed by atoms with Crippen LogP contribution in [-0.2, 0) is 15.9 Å². The highest BCUT2D eigenvalue weighted by atomic mass is 19.1. The topological polar surface area (TPSA) is 30.5 Å². The molecule has 0 aromatic heterocycles. The van der Waals surface area contributed by atoms with Crippen LogP contribution in [0.4, 0.5) is 8.78 Å². The number of benzene rings is 1. The van der Waals surface area contributed by atoms with Crippen LogP contribution in [0.5, 0.6) is 0 Å². The molecule has 1 aromatic carbocycles. The first kappa shape index (κ1) is 16.3. The maximum absolute atomic E-state index is 13.9. The average Bonchev–Trinajstić information content (AvgIpc) is 2.49. The Morgan fingerprint density at radius 2 is 2.05 bits per heavy atom. The molecule has 1 heterocycles. The van der Waals surface area contributed by atoms with Gasteiger partial charge >= 0.3 is 0 Å². The van der Waals surface area contributed by atoms with E-state index < -0.39 is 5.82 Å². The molecule has 1 aromatic rings. The minimum absolute atomic E-state index is 0.0855. The lowest BCUT2D eigenvalue weighted by molar-refractivity contribution is -0.125.